The number of carbonyl (C=O) groups excluding carboxylic acids is 1. The van der Waals surface area contributed by atoms with Crippen molar-refractivity contribution in [1.29, 1.82) is 0 Å². The number of alkyl halides is 3. The van der Waals surface area contributed by atoms with E-state index in [-0.39, 0.29) is 13.1 Å². The third-order valence-corrected chi connectivity index (χ3v) is 2.47. The third kappa shape index (κ3) is 6.68. The second-order valence-corrected chi connectivity index (χ2v) is 4.34. The summed E-state index contributed by atoms with van der Waals surface area (Å²) < 4.78 is 36.1. The number of hydrogen-bond donors (Lipinski definition) is 2. The largest absolute Gasteiger partial charge is 0.405 e. The van der Waals surface area contributed by atoms with Crippen LogP contribution in [0.4, 0.5) is 18.0 Å². The van der Waals surface area contributed by atoms with E-state index in [1.165, 1.54) is 11.9 Å². The molecule has 3 N–H and O–H groups in total. The Kier molecular flexibility index (Phi) is 6.06. The van der Waals surface area contributed by atoms with Gasteiger partial charge in [-0.05, 0) is 17.7 Å². The van der Waals surface area contributed by atoms with Crippen LogP contribution >= 0.6 is 0 Å². The van der Waals surface area contributed by atoms with Crippen LogP contribution in [0, 0.1) is 11.8 Å². The van der Waals surface area contributed by atoms with E-state index in [0.29, 0.717) is 0 Å². The number of nitrogens with two attached hydrogens (primary N) is 1. The molecule has 0 saturated heterocycles. The van der Waals surface area contributed by atoms with E-state index in [9.17, 15) is 18.0 Å². The van der Waals surface area contributed by atoms with Gasteiger partial charge in [0.15, 0.2) is 0 Å². The summed E-state index contributed by atoms with van der Waals surface area (Å²) in [5.74, 6) is 5.55. The van der Waals surface area contributed by atoms with Crippen LogP contribution < -0.4 is 11.1 Å². The Morgan fingerprint density at radius 1 is 1.43 bits per heavy atom. The van der Waals surface area contributed by atoms with Gasteiger partial charge in [0.25, 0.3) is 0 Å². The first kappa shape index (κ1) is 16.9. The highest BCUT2D eigenvalue weighted by atomic mass is 19.4. The number of carbonyl (C=O) groups is 1. The van der Waals surface area contributed by atoms with Gasteiger partial charge in [0.1, 0.15) is 6.54 Å². The van der Waals surface area contributed by atoms with Gasteiger partial charge in [-0.1, -0.05) is 24.0 Å². The van der Waals surface area contributed by atoms with Crippen LogP contribution in [0.1, 0.15) is 11.1 Å². The molecule has 0 aliphatic heterocycles. The smallest absolute Gasteiger partial charge is 0.329 e. The van der Waals surface area contributed by atoms with E-state index >= 15 is 0 Å². The van der Waals surface area contributed by atoms with Crippen LogP contribution in [0.2, 0.25) is 0 Å². The molecule has 0 radical (unpaired) electrons. The first-order valence-corrected chi connectivity index (χ1v) is 6.15. The summed E-state index contributed by atoms with van der Waals surface area (Å²) in [6.45, 7) is -0.927. The van der Waals surface area contributed by atoms with Crippen molar-refractivity contribution in [1.82, 2.24) is 10.2 Å². The van der Waals surface area contributed by atoms with Crippen molar-refractivity contribution in [3.63, 3.8) is 0 Å². The monoisotopic (exact) mass is 299 g/mol. The van der Waals surface area contributed by atoms with Crippen LogP contribution in [-0.2, 0) is 6.54 Å². The molecule has 1 aromatic carbocycles. The molecule has 0 unspecified atom stereocenters. The Morgan fingerprint density at radius 2 is 2.14 bits per heavy atom. The molecule has 7 heteroatoms. The minimum Gasteiger partial charge on any atom is -0.329 e. The van der Waals surface area contributed by atoms with Crippen LogP contribution in [0.25, 0.3) is 0 Å². The van der Waals surface area contributed by atoms with Gasteiger partial charge in [0.2, 0.25) is 0 Å². The number of halogens is 3. The first-order valence-electron chi connectivity index (χ1n) is 6.15. The number of hydrogen-bond acceptors (Lipinski definition) is 2. The number of amides is 2. The number of nitrogens with zero attached hydrogens (tertiary/aromatic N) is 1. The Balaban J connectivity index is 2.62. The summed E-state index contributed by atoms with van der Waals surface area (Å²) in [5.41, 5.74) is 6.78. The molecule has 0 fully saturated rings. The average molecular weight is 299 g/mol. The molecule has 21 heavy (non-hydrogen) atoms. The zero-order valence-electron chi connectivity index (χ0n) is 11.5. The van der Waals surface area contributed by atoms with Crippen molar-refractivity contribution >= 4 is 6.03 Å². The minimum atomic E-state index is -4.42. The molecule has 0 saturated carbocycles. The molecule has 1 rings (SSSR count). The molecule has 1 aromatic rings. The van der Waals surface area contributed by atoms with Gasteiger partial charge in [-0.3, -0.25) is 0 Å². The van der Waals surface area contributed by atoms with Gasteiger partial charge < -0.3 is 16.0 Å². The Labute approximate surface area is 121 Å². The van der Waals surface area contributed by atoms with E-state index in [1.807, 2.05) is 5.32 Å². The molecule has 4 nitrogen and oxygen atoms in total. The second-order valence-electron chi connectivity index (χ2n) is 4.34. The molecular weight excluding hydrogens is 283 g/mol. The van der Waals surface area contributed by atoms with Gasteiger partial charge in [-0.25, -0.2) is 4.79 Å². The van der Waals surface area contributed by atoms with E-state index in [0.717, 1.165) is 11.1 Å². The molecule has 0 aliphatic rings. The lowest BCUT2D eigenvalue weighted by molar-refractivity contribution is -0.123. The maximum atomic E-state index is 12.0. The van der Waals surface area contributed by atoms with Gasteiger partial charge in [-0.15, -0.1) is 0 Å². The molecule has 114 valence electrons. The fraction of sp³-hybridized carbons (Fsp3) is 0.357. The fourth-order valence-corrected chi connectivity index (χ4v) is 1.56. The zero-order chi connectivity index (χ0) is 15.9. The van der Waals surface area contributed by atoms with E-state index in [1.54, 1.807) is 24.3 Å². The van der Waals surface area contributed by atoms with Crippen molar-refractivity contribution < 1.29 is 18.0 Å². The van der Waals surface area contributed by atoms with E-state index in [2.05, 4.69) is 11.8 Å². The quantitative estimate of drug-likeness (QED) is 0.835. The number of urea groups is 1. The van der Waals surface area contributed by atoms with E-state index < -0.39 is 18.8 Å². The number of benzene rings is 1. The first-order chi connectivity index (χ1) is 9.81. The maximum Gasteiger partial charge on any atom is 0.405 e. The summed E-state index contributed by atoms with van der Waals surface area (Å²) in [5, 5.41) is 1.81. The van der Waals surface area contributed by atoms with Gasteiger partial charge in [0.05, 0.1) is 6.54 Å². The Morgan fingerprint density at radius 3 is 2.76 bits per heavy atom. The summed E-state index contributed by atoms with van der Waals surface area (Å²) in [4.78, 5) is 12.7. The van der Waals surface area contributed by atoms with Crippen molar-refractivity contribution in [2.24, 2.45) is 5.73 Å². The topological polar surface area (TPSA) is 58.4 Å². The van der Waals surface area contributed by atoms with Gasteiger partial charge in [-0.2, -0.15) is 13.2 Å². The average Bonchev–Trinajstić information content (AvgIpc) is 2.42. The highest BCUT2D eigenvalue weighted by Gasteiger charge is 2.28. The van der Waals surface area contributed by atoms with Crippen LogP contribution in [0.3, 0.4) is 0 Å². The lowest BCUT2D eigenvalue weighted by Gasteiger charge is -2.18. The number of rotatable bonds is 3. The molecule has 0 atom stereocenters. The highest BCUT2D eigenvalue weighted by Crippen LogP contribution is 2.12. The lowest BCUT2D eigenvalue weighted by atomic mass is 10.1. The standard InChI is InChI=1S/C14H16F3N3O/c1-20(13(21)19-10-14(15,16)17)9-12-5-2-4-11(8-12)6-3-7-18/h2,4-5,8H,7,9-10,18H2,1H3,(H,19,21). The Bertz CT molecular complexity index is 546. The molecule has 0 spiro atoms. The summed E-state index contributed by atoms with van der Waals surface area (Å²) in [6.07, 6.45) is -4.42. The predicted octanol–water partition coefficient (Wildman–Crippen LogP) is 1.70. The molecule has 0 heterocycles. The third-order valence-electron chi connectivity index (χ3n) is 2.47. The number of nitrogens with one attached hydrogen (secondary N) is 1. The normalized spacial score (nSPS) is 10.5. The minimum absolute atomic E-state index is 0.182. The summed E-state index contributed by atoms with van der Waals surface area (Å²) >= 11 is 0. The fourth-order valence-electron chi connectivity index (χ4n) is 1.56. The zero-order valence-corrected chi connectivity index (χ0v) is 11.5. The summed E-state index contributed by atoms with van der Waals surface area (Å²) in [7, 11) is 1.42. The predicted molar refractivity (Wildman–Crippen MR) is 73.3 cm³/mol. The van der Waals surface area contributed by atoms with Crippen molar-refractivity contribution in [3.05, 3.63) is 35.4 Å². The molecule has 0 aliphatic carbocycles. The summed E-state index contributed by atoms with van der Waals surface area (Å²) in [6, 6.07) is 6.29. The SMILES string of the molecule is CN(Cc1cccc(C#CCN)c1)C(=O)NCC(F)(F)F. The molecular formula is C14H16F3N3O. The van der Waals surface area contributed by atoms with Gasteiger partial charge in [0, 0.05) is 19.2 Å². The second kappa shape index (κ2) is 7.55. The van der Waals surface area contributed by atoms with Crippen molar-refractivity contribution in [2.45, 2.75) is 12.7 Å². The van der Waals surface area contributed by atoms with Crippen LogP contribution in [-0.4, -0.2) is 37.2 Å². The van der Waals surface area contributed by atoms with Gasteiger partial charge >= 0.3 is 12.2 Å². The lowest BCUT2D eigenvalue weighted by Crippen LogP contribution is -2.41. The van der Waals surface area contributed by atoms with Crippen molar-refractivity contribution in [2.75, 3.05) is 20.1 Å². The molecule has 0 bridgehead atoms. The van der Waals surface area contributed by atoms with Crippen LogP contribution in [0.15, 0.2) is 24.3 Å². The molecule has 0 aromatic heterocycles. The molecule has 2 amide bonds. The maximum absolute atomic E-state index is 12.0. The highest BCUT2D eigenvalue weighted by molar-refractivity contribution is 5.73. The van der Waals surface area contributed by atoms with E-state index in [4.69, 9.17) is 5.73 Å². The van der Waals surface area contributed by atoms with Crippen molar-refractivity contribution in [3.8, 4) is 11.8 Å². The Hall–Kier alpha value is -2.20. The van der Waals surface area contributed by atoms with Crippen LogP contribution in [0.5, 0.6) is 0 Å².